The van der Waals surface area contributed by atoms with Gasteiger partial charge in [0.1, 0.15) is 0 Å². The fraction of sp³-hybridized carbons (Fsp3) is 0.133. The Kier molecular flexibility index (Phi) is 5.36. The summed E-state index contributed by atoms with van der Waals surface area (Å²) < 4.78 is 10.7. The molecule has 0 aliphatic rings. The number of ether oxygens (including phenoxy) is 2. The molecule has 120 valence electrons. The number of hydrogen-bond donors (Lipinski definition) is 0. The minimum Gasteiger partial charge on any atom is -0.493 e. The van der Waals surface area contributed by atoms with E-state index >= 15 is 0 Å². The van der Waals surface area contributed by atoms with Crippen molar-refractivity contribution in [2.75, 3.05) is 14.2 Å². The maximum atomic E-state index is 12.0. The summed E-state index contributed by atoms with van der Waals surface area (Å²) in [6.45, 7) is 0. The molecule has 0 unspecified atom stereocenters. The van der Waals surface area contributed by atoms with E-state index < -0.39 is 4.92 Å². The highest BCUT2D eigenvalue weighted by molar-refractivity contribution is 7.18. The van der Waals surface area contributed by atoms with E-state index in [0.29, 0.717) is 15.0 Å². The molecule has 0 N–H and O–H groups in total. The molecule has 0 amide bonds. The molecule has 0 spiro atoms. The molecule has 1 aromatic carbocycles. The first-order chi connectivity index (χ1) is 11.0. The molecular weight excluding hydrogens is 342 g/mol. The first kappa shape index (κ1) is 17.0. The van der Waals surface area contributed by atoms with Crippen LogP contribution in [0.1, 0.15) is 15.2 Å². The van der Waals surface area contributed by atoms with Crippen LogP contribution < -0.4 is 9.47 Å². The van der Waals surface area contributed by atoms with Crippen LogP contribution in [0, 0.1) is 10.1 Å². The number of hydrogen-bond acceptors (Lipinski definition) is 6. The molecule has 6 nitrogen and oxygen atoms in total. The van der Waals surface area contributed by atoms with E-state index in [1.807, 2.05) is 0 Å². The van der Waals surface area contributed by atoms with Gasteiger partial charge in [0.05, 0.1) is 40.0 Å². The molecule has 2 rings (SSSR count). The molecule has 1 aromatic heterocycles. The summed E-state index contributed by atoms with van der Waals surface area (Å²) in [6, 6.07) is 5.92. The van der Waals surface area contributed by atoms with E-state index in [1.54, 1.807) is 12.1 Å². The van der Waals surface area contributed by atoms with Crippen molar-refractivity contribution in [1.82, 2.24) is 0 Å². The van der Waals surface area contributed by atoms with E-state index in [1.165, 1.54) is 38.5 Å². The minimum absolute atomic E-state index is 0.184. The van der Waals surface area contributed by atoms with Crippen molar-refractivity contribution in [1.29, 1.82) is 0 Å². The van der Waals surface area contributed by atoms with Crippen molar-refractivity contribution in [2.45, 2.75) is 0 Å². The lowest BCUT2D eigenvalue weighted by Crippen LogP contribution is -1.97. The van der Waals surface area contributed by atoms with Gasteiger partial charge in [-0.3, -0.25) is 14.9 Å². The van der Waals surface area contributed by atoms with Crippen LogP contribution in [0.4, 0.5) is 5.69 Å². The number of nitro groups is 1. The molecule has 0 aliphatic heterocycles. The number of nitrogens with zero attached hydrogens (tertiary/aromatic N) is 1. The number of carbonyl (C=O) groups is 1. The highest BCUT2D eigenvalue weighted by atomic mass is 35.5. The number of nitro benzene ring substituents is 1. The number of thiophene rings is 1. The van der Waals surface area contributed by atoms with E-state index in [2.05, 4.69) is 0 Å². The Labute approximate surface area is 141 Å². The second kappa shape index (κ2) is 7.26. The van der Waals surface area contributed by atoms with Gasteiger partial charge in [-0.25, -0.2) is 0 Å². The van der Waals surface area contributed by atoms with Crippen LogP contribution in [0.15, 0.2) is 30.3 Å². The molecule has 1 heterocycles. The molecule has 2 aromatic rings. The number of ketones is 1. The molecule has 0 radical (unpaired) electrons. The van der Waals surface area contributed by atoms with Gasteiger partial charge in [-0.2, -0.15) is 0 Å². The number of allylic oxidation sites excluding steroid dienone is 1. The topological polar surface area (TPSA) is 78.7 Å². The van der Waals surface area contributed by atoms with Crippen molar-refractivity contribution in [3.8, 4) is 11.5 Å². The number of methoxy groups -OCH3 is 2. The average molecular weight is 354 g/mol. The zero-order valence-corrected chi connectivity index (χ0v) is 13.8. The average Bonchev–Trinajstić information content (AvgIpc) is 2.98. The highest BCUT2D eigenvalue weighted by Crippen LogP contribution is 2.35. The lowest BCUT2D eigenvalue weighted by molar-refractivity contribution is -0.385. The SMILES string of the molecule is COc1cc(/C=C/C(=O)c2ccc(Cl)s2)c([N+](=O)[O-])cc1OC. The zero-order chi connectivity index (χ0) is 17.0. The van der Waals surface area contributed by atoms with Gasteiger partial charge in [-0.1, -0.05) is 11.6 Å². The fourth-order valence-electron chi connectivity index (χ4n) is 1.87. The van der Waals surface area contributed by atoms with E-state index in [0.717, 1.165) is 11.3 Å². The fourth-order valence-corrected chi connectivity index (χ4v) is 2.83. The van der Waals surface area contributed by atoms with Gasteiger partial charge >= 0.3 is 0 Å². The van der Waals surface area contributed by atoms with Gasteiger partial charge in [0.25, 0.3) is 5.69 Å². The summed E-state index contributed by atoms with van der Waals surface area (Å²) in [5.74, 6) is 0.295. The summed E-state index contributed by atoms with van der Waals surface area (Å²) >= 11 is 6.93. The van der Waals surface area contributed by atoms with Gasteiger partial charge in [0.2, 0.25) is 0 Å². The standard InChI is InChI=1S/C15H12ClNO5S/c1-21-12-7-9(10(17(19)20)8-13(12)22-2)3-4-11(18)14-5-6-15(16)23-14/h3-8H,1-2H3/b4-3+. The van der Waals surface area contributed by atoms with Crippen LogP contribution in [0.5, 0.6) is 11.5 Å². The smallest absolute Gasteiger partial charge is 0.280 e. The van der Waals surface area contributed by atoms with Gasteiger partial charge < -0.3 is 9.47 Å². The van der Waals surface area contributed by atoms with Crippen LogP contribution >= 0.6 is 22.9 Å². The van der Waals surface area contributed by atoms with Crippen molar-refractivity contribution < 1.29 is 19.2 Å². The van der Waals surface area contributed by atoms with Crippen LogP contribution in [-0.2, 0) is 0 Å². The van der Waals surface area contributed by atoms with Gasteiger partial charge in [-0.05, 0) is 30.4 Å². The predicted molar refractivity (Wildman–Crippen MR) is 88.9 cm³/mol. The summed E-state index contributed by atoms with van der Waals surface area (Å²) in [4.78, 5) is 23.1. The third-order valence-corrected chi connectivity index (χ3v) is 4.21. The van der Waals surface area contributed by atoms with Crippen molar-refractivity contribution in [2.24, 2.45) is 0 Å². The molecule has 0 aliphatic carbocycles. The van der Waals surface area contributed by atoms with Crippen LogP contribution in [0.25, 0.3) is 6.08 Å². The maximum Gasteiger partial charge on any atom is 0.280 e. The number of carbonyl (C=O) groups excluding carboxylic acids is 1. The number of benzene rings is 1. The number of rotatable bonds is 6. The third kappa shape index (κ3) is 3.88. The quantitative estimate of drug-likeness (QED) is 0.336. The Morgan fingerprint density at radius 2 is 1.91 bits per heavy atom. The van der Waals surface area contributed by atoms with Crippen molar-refractivity contribution >= 4 is 40.5 Å². The molecule has 0 atom stereocenters. The number of halogens is 1. The zero-order valence-electron chi connectivity index (χ0n) is 12.2. The summed E-state index contributed by atoms with van der Waals surface area (Å²) in [7, 11) is 2.82. The third-order valence-electron chi connectivity index (χ3n) is 2.96. The largest absolute Gasteiger partial charge is 0.493 e. The summed E-state index contributed by atoms with van der Waals surface area (Å²) in [5.41, 5.74) is 0.0552. The molecule has 0 bridgehead atoms. The Hall–Kier alpha value is -2.38. The summed E-state index contributed by atoms with van der Waals surface area (Å²) in [6.07, 6.45) is 2.63. The van der Waals surface area contributed by atoms with Gasteiger partial charge in [-0.15, -0.1) is 11.3 Å². The Balaban J connectivity index is 2.39. The molecule has 0 saturated heterocycles. The molecular formula is C15H12ClNO5S. The second-order valence-electron chi connectivity index (χ2n) is 4.32. The van der Waals surface area contributed by atoms with E-state index in [9.17, 15) is 14.9 Å². The second-order valence-corrected chi connectivity index (χ2v) is 6.04. The van der Waals surface area contributed by atoms with E-state index in [4.69, 9.17) is 21.1 Å². The maximum absolute atomic E-state index is 12.0. The van der Waals surface area contributed by atoms with Crippen LogP contribution in [-0.4, -0.2) is 24.9 Å². The molecule has 8 heteroatoms. The normalized spacial score (nSPS) is 10.7. The lowest BCUT2D eigenvalue weighted by Gasteiger charge is -2.08. The van der Waals surface area contributed by atoms with Crippen molar-refractivity contribution in [3.05, 3.63) is 55.2 Å². The highest BCUT2D eigenvalue weighted by Gasteiger charge is 2.18. The predicted octanol–water partition coefficient (Wildman–Crippen LogP) is 4.22. The lowest BCUT2D eigenvalue weighted by atomic mass is 10.1. The van der Waals surface area contributed by atoms with Gasteiger partial charge in [0.15, 0.2) is 17.3 Å². The first-order valence-corrected chi connectivity index (χ1v) is 7.54. The Morgan fingerprint density at radius 3 is 2.43 bits per heavy atom. The van der Waals surface area contributed by atoms with Crippen molar-refractivity contribution in [3.63, 3.8) is 0 Å². The van der Waals surface area contributed by atoms with E-state index in [-0.39, 0.29) is 22.8 Å². The minimum atomic E-state index is -0.548. The molecule has 23 heavy (non-hydrogen) atoms. The Morgan fingerprint density at radius 1 is 1.26 bits per heavy atom. The monoisotopic (exact) mass is 353 g/mol. The van der Waals surface area contributed by atoms with Crippen LogP contribution in [0.2, 0.25) is 4.34 Å². The summed E-state index contributed by atoms with van der Waals surface area (Å²) in [5, 5.41) is 11.2. The molecule has 0 saturated carbocycles. The van der Waals surface area contributed by atoms with Crippen LogP contribution in [0.3, 0.4) is 0 Å². The first-order valence-electron chi connectivity index (χ1n) is 6.34. The Bertz CT molecular complexity index is 784. The van der Waals surface area contributed by atoms with Gasteiger partial charge in [0, 0.05) is 0 Å². The molecule has 0 fully saturated rings.